The predicted octanol–water partition coefficient (Wildman–Crippen LogP) is 1.63. The van der Waals surface area contributed by atoms with E-state index >= 15 is 0 Å². The Hall–Kier alpha value is -1.58. The number of imide groups is 1. The largest absolute Gasteiger partial charge is 0.399 e. The minimum Gasteiger partial charge on any atom is -0.399 e. The third-order valence-electron chi connectivity index (χ3n) is 4.57. The quantitative estimate of drug-likeness (QED) is 0.729. The number of hydrogen-bond donors (Lipinski definition) is 2. The number of carbonyl (C=O) groups is 2. The summed E-state index contributed by atoms with van der Waals surface area (Å²) in [7, 11) is 0. The molecule has 0 spiro atoms. The monoisotopic (exact) mass is 248 g/mol. The van der Waals surface area contributed by atoms with Crippen LogP contribution in [0.15, 0.2) is 23.9 Å². The highest BCUT2D eigenvalue weighted by molar-refractivity contribution is 6.01. The number of nitrogens with one attached hydrogen (secondary N) is 1. The van der Waals surface area contributed by atoms with Crippen molar-refractivity contribution in [3.05, 3.63) is 23.9 Å². The number of hydrogen-bond acceptors (Lipinski definition) is 3. The fraction of sp³-hybridized carbons (Fsp3) is 0.571. The summed E-state index contributed by atoms with van der Waals surface area (Å²) in [6.07, 6.45) is 8.35. The molecule has 2 amide bonds. The van der Waals surface area contributed by atoms with Crippen molar-refractivity contribution in [1.82, 2.24) is 5.32 Å². The molecule has 2 rings (SSSR count). The van der Waals surface area contributed by atoms with Crippen LogP contribution < -0.4 is 11.1 Å². The van der Waals surface area contributed by atoms with E-state index in [2.05, 4.69) is 12.2 Å². The number of nitrogens with two attached hydrogens (primary N) is 1. The zero-order valence-electron chi connectivity index (χ0n) is 11.0. The molecule has 0 aromatic rings. The van der Waals surface area contributed by atoms with Gasteiger partial charge in [0.1, 0.15) is 0 Å². The summed E-state index contributed by atoms with van der Waals surface area (Å²) < 4.78 is 0. The maximum atomic E-state index is 12.3. The molecule has 3 N–H and O–H groups in total. The molecule has 1 aliphatic carbocycles. The van der Waals surface area contributed by atoms with Gasteiger partial charge < -0.3 is 5.73 Å². The van der Waals surface area contributed by atoms with Crippen molar-refractivity contribution in [2.45, 2.75) is 39.5 Å². The van der Waals surface area contributed by atoms with Gasteiger partial charge >= 0.3 is 0 Å². The summed E-state index contributed by atoms with van der Waals surface area (Å²) in [5.41, 5.74) is 5.71. The second kappa shape index (κ2) is 4.26. The van der Waals surface area contributed by atoms with Crippen LogP contribution in [0.3, 0.4) is 0 Å². The van der Waals surface area contributed by atoms with Crippen LogP contribution in [0, 0.1) is 10.8 Å². The number of carbonyl (C=O) groups excluding carboxylic acids is 2. The van der Waals surface area contributed by atoms with Gasteiger partial charge in [-0.1, -0.05) is 26.0 Å². The van der Waals surface area contributed by atoms with E-state index in [9.17, 15) is 9.59 Å². The molecule has 0 bridgehead atoms. The lowest BCUT2D eigenvalue weighted by Gasteiger charge is -2.48. The van der Waals surface area contributed by atoms with Crippen molar-refractivity contribution < 1.29 is 9.59 Å². The third-order valence-corrected chi connectivity index (χ3v) is 4.57. The standard InChI is InChI=1S/C14H20N2O2/c1-3-14(9-6-11(17)16-12(14)18)13(2)7-4-10(15)5-8-13/h4-5,7H,3,6,8-9,15H2,1-2H3,(H,16,17,18)/t13-,14?/m1/s1. The van der Waals surface area contributed by atoms with Crippen molar-refractivity contribution in [2.75, 3.05) is 0 Å². The molecule has 98 valence electrons. The van der Waals surface area contributed by atoms with Crippen LogP contribution in [0.4, 0.5) is 0 Å². The first-order valence-electron chi connectivity index (χ1n) is 6.43. The topological polar surface area (TPSA) is 72.2 Å². The molecule has 0 aromatic carbocycles. The van der Waals surface area contributed by atoms with E-state index in [1.54, 1.807) is 0 Å². The van der Waals surface area contributed by atoms with Gasteiger partial charge in [-0.05, 0) is 25.3 Å². The van der Waals surface area contributed by atoms with Crippen molar-refractivity contribution in [3.63, 3.8) is 0 Å². The highest BCUT2D eigenvalue weighted by Crippen LogP contribution is 2.52. The van der Waals surface area contributed by atoms with Crippen molar-refractivity contribution in [1.29, 1.82) is 0 Å². The van der Waals surface area contributed by atoms with E-state index in [1.807, 2.05) is 25.2 Å². The van der Waals surface area contributed by atoms with Crippen molar-refractivity contribution in [2.24, 2.45) is 16.6 Å². The van der Waals surface area contributed by atoms with Gasteiger partial charge in [0.05, 0.1) is 5.41 Å². The summed E-state index contributed by atoms with van der Waals surface area (Å²) in [5.74, 6) is -0.301. The van der Waals surface area contributed by atoms with E-state index in [-0.39, 0.29) is 17.2 Å². The maximum absolute atomic E-state index is 12.3. The van der Waals surface area contributed by atoms with Gasteiger partial charge in [-0.3, -0.25) is 14.9 Å². The number of allylic oxidation sites excluding steroid dienone is 3. The first-order chi connectivity index (χ1) is 8.43. The van der Waals surface area contributed by atoms with Crippen molar-refractivity contribution in [3.8, 4) is 0 Å². The summed E-state index contributed by atoms with van der Waals surface area (Å²) in [6.45, 7) is 4.08. The highest BCUT2D eigenvalue weighted by Gasteiger charge is 2.53. The molecule has 1 fully saturated rings. The van der Waals surface area contributed by atoms with Crippen LogP contribution in [-0.4, -0.2) is 11.8 Å². The highest BCUT2D eigenvalue weighted by atomic mass is 16.2. The fourth-order valence-electron chi connectivity index (χ4n) is 3.14. The van der Waals surface area contributed by atoms with Crippen LogP contribution in [0.25, 0.3) is 0 Å². The Kier molecular flexibility index (Phi) is 3.05. The molecular weight excluding hydrogens is 228 g/mol. The fourth-order valence-corrected chi connectivity index (χ4v) is 3.14. The molecule has 2 aliphatic rings. The molecule has 1 heterocycles. The van der Waals surface area contributed by atoms with Gasteiger partial charge in [-0.2, -0.15) is 0 Å². The molecule has 0 aromatic heterocycles. The first kappa shape index (κ1) is 12.9. The molecule has 4 nitrogen and oxygen atoms in total. The average molecular weight is 248 g/mol. The number of piperidine rings is 1. The van der Waals surface area contributed by atoms with Crippen LogP contribution in [0.2, 0.25) is 0 Å². The molecule has 18 heavy (non-hydrogen) atoms. The molecule has 0 radical (unpaired) electrons. The van der Waals surface area contributed by atoms with Gasteiger partial charge in [0.25, 0.3) is 0 Å². The lowest BCUT2D eigenvalue weighted by atomic mass is 9.56. The molecule has 1 aliphatic heterocycles. The molecule has 1 saturated heterocycles. The molecule has 0 saturated carbocycles. The number of amides is 2. The van der Waals surface area contributed by atoms with Gasteiger partial charge in [0.15, 0.2) is 0 Å². The van der Waals surface area contributed by atoms with E-state index < -0.39 is 5.41 Å². The first-order valence-corrected chi connectivity index (χ1v) is 6.43. The Bertz CT molecular complexity index is 453. The lowest BCUT2D eigenvalue weighted by Crippen LogP contribution is -2.55. The van der Waals surface area contributed by atoms with Crippen LogP contribution in [0.1, 0.15) is 39.5 Å². The lowest BCUT2D eigenvalue weighted by molar-refractivity contribution is -0.147. The second-order valence-electron chi connectivity index (χ2n) is 5.47. The zero-order valence-corrected chi connectivity index (χ0v) is 11.0. The summed E-state index contributed by atoms with van der Waals surface area (Å²) >= 11 is 0. The summed E-state index contributed by atoms with van der Waals surface area (Å²) in [5, 5.41) is 2.49. The average Bonchev–Trinajstić information content (AvgIpc) is 2.34. The van der Waals surface area contributed by atoms with Gasteiger partial charge in [-0.25, -0.2) is 0 Å². The van der Waals surface area contributed by atoms with E-state index in [0.717, 1.165) is 18.5 Å². The Morgan fingerprint density at radius 3 is 2.67 bits per heavy atom. The van der Waals surface area contributed by atoms with Gasteiger partial charge in [0, 0.05) is 17.5 Å². The molecule has 4 heteroatoms. The molecule has 2 atom stereocenters. The number of rotatable bonds is 2. The van der Waals surface area contributed by atoms with Crippen LogP contribution in [-0.2, 0) is 9.59 Å². The summed E-state index contributed by atoms with van der Waals surface area (Å²) in [6, 6.07) is 0. The van der Waals surface area contributed by atoms with Crippen LogP contribution in [0.5, 0.6) is 0 Å². The maximum Gasteiger partial charge on any atom is 0.233 e. The van der Waals surface area contributed by atoms with E-state index in [4.69, 9.17) is 5.73 Å². The van der Waals surface area contributed by atoms with Gasteiger partial charge in [-0.15, -0.1) is 0 Å². The zero-order chi connectivity index (χ0) is 13.4. The van der Waals surface area contributed by atoms with Crippen LogP contribution >= 0.6 is 0 Å². The van der Waals surface area contributed by atoms with E-state index in [1.165, 1.54) is 0 Å². The third kappa shape index (κ3) is 1.76. The SMILES string of the molecule is CCC1([C@]2(C)C=CC(N)=CC2)CCC(=O)NC1=O. The summed E-state index contributed by atoms with van der Waals surface area (Å²) in [4.78, 5) is 23.7. The normalized spacial score (nSPS) is 36.2. The Balaban J connectivity index is 2.36. The van der Waals surface area contributed by atoms with Gasteiger partial charge in [0.2, 0.25) is 11.8 Å². The minimum atomic E-state index is -0.505. The Morgan fingerprint density at radius 2 is 2.17 bits per heavy atom. The Labute approximate surface area is 107 Å². The minimum absolute atomic E-state index is 0.137. The molecular formula is C14H20N2O2. The molecule has 1 unspecified atom stereocenters. The smallest absolute Gasteiger partial charge is 0.233 e. The van der Waals surface area contributed by atoms with Crippen molar-refractivity contribution >= 4 is 11.8 Å². The Morgan fingerprint density at radius 1 is 1.44 bits per heavy atom. The second-order valence-corrected chi connectivity index (χ2v) is 5.47. The van der Waals surface area contributed by atoms with E-state index in [0.29, 0.717) is 12.8 Å². The predicted molar refractivity (Wildman–Crippen MR) is 69.2 cm³/mol.